The lowest BCUT2D eigenvalue weighted by Gasteiger charge is -2.30. The van der Waals surface area contributed by atoms with Gasteiger partial charge in [-0.3, -0.25) is 4.68 Å². The first-order valence-corrected chi connectivity index (χ1v) is 7.39. The van der Waals surface area contributed by atoms with Crippen LogP contribution in [0.5, 0.6) is 0 Å². The Morgan fingerprint density at radius 2 is 2.11 bits per heavy atom. The van der Waals surface area contributed by atoms with Crippen LogP contribution in [0.1, 0.15) is 27.2 Å². The predicted octanol–water partition coefficient (Wildman–Crippen LogP) is 0.884. The zero-order chi connectivity index (χ0) is 14.0. The molecule has 1 aromatic heterocycles. The molecule has 0 saturated carbocycles. The molecule has 0 bridgehead atoms. The molecule has 3 N–H and O–H groups in total. The van der Waals surface area contributed by atoms with Crippen LogP contribution < -0.4 is 10.5 Å². The average Bonchev–Trinajstić information content (AvgIpc) is 2.63. The number of aromatic nitrogens is 2. The lowest BCUT2D eigenvalue weighted by atomic mass is 9.92. The fraction of sp³-hybridized carbons (Fsp3) is 0.727. The number of halogens is 1. The van der Waals surface area contributed by atoms with Crippen molar-refractivity contribution in [2.24, 2.45) is 18.7 Å². The Kier molecular flexibility index (Phi) is 6.47. The predicted molar refractivity (Wildman–Crippen MR) is 77.7 cm³/mol. The molecule has 1 unspecified atom stereocenters. The standard InChI is InChI=1S/C11H22N4O2S.ClH/c1-9(2)5-11(3,8-12)14-18(16,17)10-6-13-15(4)7-10;/h6-7,9,14H,5,8,12H2,1-4H3;1H. The highest BCUT2D eigenvalue weighted by molar-refractivity contribution is 7.89. The molecule has 0 radical (unpaired) electrons. The van der Waals surface area contributed by atoms with E-state index in [1.807, 2.05) is 20.8 Å². The van der Waals surface area contributed by atoms with Gasteiger partial charge in [0.25, 0.3) is 0 Å². The van der Waals surface area contributed by atoms with Crippen molar-refractivity contribution in [3.63, 3.8) is 0 Å². The lowest BCUT2D eigenvalue weighted by Crippen LogP contribution is -2.51. The van der Waals surface area contributed by atoms with Gasteiger partial charge in [-0.1, -0.05) is 13.8 Å². The molecule has 0 spiro atoms. The molecule has 0 aliphatic rings. The number of aryl methyl sites for hydroxylation is 1. The molecule has 1 rings (SSSR count). The number of hydrogen-bond donors (Lipinski definition) is 2. The molecule has 0 fully saturated rings. The number of hydrogen-bond acceptors (Lipinski definition) is 4. The smallest absolute Gasteiger partial charge is 0.244 e. The summed E-state index contributed by atoms with van der Waals surface area (Å²) in [4.78, 5) is 0.161. The molecule has 8 heteroatoms. The molecule has 19 heavy (non-hydrogen) atoms. The van der Waals surface area contributed by atoms with Crippen molar-refractivity contribution in [2.75, 3.05) is 6.54 Å². The van der Waals surface area contributed by atoms with Crippen LogP contribution >= 0.6 is 12.4 Å². The molecule has 0 aliphatic heterocycles. The fourth-order valence-electron chi connectivity index (χ4n) is 1.99. The minimum Gasteiger partial charge on any atom is -0.329 e. The van der Waals surface area contributed by atoms with E-state index >= 15 is 0 Å². The van der Waals surface area contributed by atoms with Crippen LogP contribution in [0.4, 0.5) is 0 Å². The molecule has 1 heterocycles. The Balaban J connectivity index is 0.00000324. The van der Waals surface area contributed by atoms with Crippen LogP contribution in [0.2, 0.25) is 0 Å². The number of sulfonamides is 1. The zero-order valence-corrected chi connectivity index (χ0v) is 13.4. The molecule has 0 amide bonds. The van der Waals surface area contributed by atoms with Gasteiger partial charge in [-0.15, -0.1) is 12.4 Å². The van der Waals surface area contributed by atoms with Gasteiger partial charge >= 0.3 is 0 Å². The van der Waals surface area contributed by atoms with Crippen molar-refractivity contribution in [3.05, 3.63) is 12.4 Å². The first kappa shape index (κ1) is 18.4. The SMILES string of the molecule is CC(C)CC(C)(CN)NS(=O)(=O)c1cnn(C)c1.Cl. The third-order valence-electron chi connectivity index (χ3n) is 2.68. The van der Waals surface area contributed by atoms with E-state index in [4.69, 9.17) is 5.73 Å². The van der Waals surface area contributed by atoms with E-state index in [9.17, 15) is 8.42 Å². The second kappa shape index (κ2) is 6.69. The summed E-state index contributed by atoms with van der Waals surface area (Å²) in [5.41, 5.74) is 5.06. The monoisotopic (exact) mass is 310 g/mol. The van der Waals surface area contributed by atoms with Gasteiger partial charge in [0.2, 0.25) is 10.0 Å². The number of nitrogens with zero attached hydrogens (tertiary/aromatic N) is 2. The maximum Gasteiger partial charge on any atom is 0.244 e. The Morgan fingerprint density at radius 1 is 1.53 bits per heavy atom. The van der Waals surface area contributed by atoms with Crippen LogP contribution in [0.25, 0.3) is 0 Å². The molecule has 112 valence electrons. The Labute approximate surface area is 121 Å². The van der Waals surface area contributed by atoms with Crippen LogP contribution in [0.3, 0.4) is 0 Å². The van der Waals surface area contributed by atoms with Gasteiger partial charge in [0.15, 0.2) is 0 Å². The van der Waals surface area contributed by atoms with Gasteiger partial charge in [0, 0.05) is 25.3 Å². The summed E-state index contributed by atoms with van der Waals surface area (Å²) in [5, 5.41) is 3.87. The fourth-order valence-corrected chi connectivity index (χ4v) is 3.40. The average molecular weight is 311 g/mol. The van der Waals surface area contributed by atoms with Gasteiger partial charge in [0.05, 0.1) is 6.20 Å². The zero-order valence-electron chi connectivity index (χ0n) is 11.8. The van der Waals surface area contributed by atoms with E-state index in [1.165, 1.54) is 17.1 Å². The molecular weight excluding hydrogens is 288 g/mol. The van der Waals surface area contributed by atoms with Crippen molar-refractivity contribution in [2.45, 2.75) is 37.6 Å². The first-order valence-electron chi connectivity index (χ1n) is 5.91. The molecular formula is C11H23ClN4O2S. The third kappa shape index (κ3) is 5.10. The Hall–Kier alpha value is -0.630. The van der Waals surface area contributed by atoms with Gasteiger partial charge in [-0.25, -0.2) is 13.1 Å². The minimum atomic E-state index is -3.57. The number of nitrogens with two attached hydrogens (primary N) is 1. The molecule has 0 aliphatic carbocycles. The first-order chi connectivity index (χ1) is 8.18. The van der Waals surface area contributed by atoms with Gasteiger partial charge in [-0.2, -0.15) is 5.10 Å². The highest BCUT2D eigenvalue weighted by Crippen LogP contribution is 2.19. The third-order valence-corrected chi connectivity index (χ3v) is 4.27. The maximum absolute atomic E-state index is 12.2. The summed E-state index contributed by atoms with van der Waals surface area (Å²) in [6.07, 6.45) is 3.48. The lowest BCUT2D eigenvalue weighted by molar-refractivity contribution is 0.344. The summed E-state index contributed by atoms with van der Waals surface area (Å²) >= 11 is 0. The second-order valence-corrected chi connectivity index (χ2v) is 7.00. The molecule has 0 aromatic carbocycles. The molecule has 1 aromatic rings. The van der Waals surface area contributed by atoms with Crippen LogP contribution in [0.15, 0.2) is 17.3 Å². The largest absolute Gasteiger partial charge is 0.329 e. The Bertz CT molecular complexity index is 501. The van der Waals surface area contributed by atoms with Crippen molar-refractivity contribution >= 4 is 22.4 Å². The van der Waals surface area contributed by atoms with Gasteiger partial charge in [0.1, 0.15) is 4.90 Å². The van der Waals surface area contributed by atoms with Crippen molar-refractivity contribution < 1.29 is 8.42 Å². The Morgan fingerprint density at radius 3 is 2.47 bits per heavy atom. The van der Waals surface area contributed by atoms with Crippen molar-refractivity contribution in [3.8, 4) is 0 Å². The number of nitrogens with one attached hydrogen (secondary N) is 1. The van der Waals surface area contributed by atoms with Gasteiger partial charge < -0.3 is 5.73 Å². The highest BCUT2D eigenvalue weighted by atomic mass is 35.5. The normalized spacial score (nSPS) is 15.1. The van der Waals surface area contributed by atoms with Crippen molar-refractivity contribution in [1.82, 2.24) is 14.5 Å². The van der Waals surface area contributed by atoms with E-state index in [0.717, 1.165) is 0 Å². The second-order valence-electron chi connectivity index (χ2n) is 5.32. The number of rotatable bonds is 6. The quantitative estimate of drug-likeness (QED) is 0.816. The van der Waals surface area contributed by atoms with E-state index in [-0.39, 0.29) is 23.8 Å². The summed E-state index contributed by atoms with van der Waals surface area (Å²) in [6.45, 7) is 6.14. The summed E-state index contributed by atoms with van der Waals surface area (Å²) in [6, 6.07) is 0. The summed E-state index contributed by atoms with van der Waals surface area (Å²) in [7, 11) is -1.89. The van der Waals surface area contributed by atoms with E-state index < -0.39 is 15.6 Å². The molecule has 1 atom stereocenters. The summed E-state index contributed by atoms with van der Waals surface area (Å²) in [5.74, 6) is 0.357. The van der Waals surface area contributed by atoms with Crippen LogP contribution in [0, 0.1) is 5.92 Å². The topological polar surface area (TPSA) is 90.0 Å². The van der Waals surface area contributed by atoms with Crippen LogP contribution in [-0.4, -0.2) is 30.3 Å². The van der Waals surface area contributed by atoms with E-state index in [2.05, 4.69) is 9.82 Å². The van der Waals surface area contributed by atoms with Crippen LogP contribution in [-0.2, 0) is 17.1 Å². The molecule has 6 nitrogen and oxygen atoms in total. The van der Waals surface area contributed by atoms with Crippen molar-refractivity contribution in [1.29, 1.82) is 0 Å². The molecule has 0 saturated heterocycles. The minimum absolute atomic E-state index is 0. The maximum atomic E-state index is 12.2. The van der Waals surface area contributed by atoms with E-state index in [1.54, 1.807) is 7.05 Å². The van der Waals surface area contributed by atoms with Gasteiger partial charge in [-0.05, 0) is 19.3 Å². The summed E-state index contributed by atoms with van der Waals surface area (Å²) < 4.78 is 28.5. The van der Waals surface area contributed by atoms with E-state index in [0.29, 0.717) is 12.3 Å². The highest BCUT2D eigenvalue weighted by Gasteiger charge is 2.30.